The Bertz CT molecular complexity index is 389. The zero-order valence-electron chi connectivity index (χ0n) is 12.2. The molecule has 2 rings (SSSR count). The lowest BCUT2D eigenvalue weighted by atomic mass is 9.88. The molecule has 0 bridgehead atoms. The van der Waals surface area contributed by atoms with Crippen LogP contribution in [0.4, 0.5) is 5.82 Å². The summed E-state index contributed by atoms with van der Waals surface area (Å²) in [6, 6.07) is 4.38. The van der Waals surface area contributed by atoms with Crippen molar-refractivity contribution < 1.29 is 0 Å². The average Bonchev–Trinajstić information content (AvgIpc) is 2.39. The van der Waals surface area contributed by atoms with Crippen molar-refractivity contribution in [2.24, 2.45) is 0 Å². The fraction of sp³-hybridized carbons (Fsp3) is 0.667. The van der Waals surface area contributed by atoms with Crippen LogP contribution in [0.25, 0.3) is 0 Å². The van der Waals surface area contributed by atoms with Crippen LogP contribution in [0.1, 0.15) is 26.3 Å². The first-order valence-corrected chi connectivity index (χ1v) is 8.12. The van der Waals surface area contributed by atoms with Crippen LogP contribution in [0.15, 0.2) is 18.3 Å². The molecule has 2 heterocycles. The van der Waals surface area contributed by atoms with Crippen molar-refractivity contribution in [1.29, 1.82) is 0 Å². The summed E-state index contributed by atoms with van der Waals surface area (Å²) in [6.07, 6.45) is 2.03. The standard InChI is InChI=1S/C15H24BrN3/c1-15(2,3)13-4-5-14(17-12-13)19-10-8-18(7-6-16)9-11-19/h4-5,12H,6-11H2,1-3H3. The van der Waals surface area contributed by atoms with E-state index in [9.17, 15) is 0 Å². The van der Waals surface area contributed by atoms with E-state index in [0.717, 1.165) is 43.9 Å². The number of anilines is 1. The SMILES string of the molecule is CC(C)(C)c1ccc(N2CCN(CCBr)CC2)nc1. The van der Waals surface area contributed by atoms with Gasteiger partial charge in [0.15, 0.2) is 0 Å². The lowest BCUT2D eigenvalue weighted by Crippen LogP contribution is -2.47. The third kappa shape index (κ3) is 3.93. The molecule has 0 amide bonds. The highest BCUT2D eigenvalue weighted by Crippen LogP contribution is 2.23. The summed E-state index contributed by atoms with van der Waals surface area (Å²) in [6.45, 7) is 12.2. The second kappa shape index (κ2) is 6.23. The zero-order valence-corrected chi connectivity index (χ0v) is 13.8. The molecule has 1 aromatic heterocycles. The molecule has 0 N–H and O–H groups in total. The van der Waals surface area contributed by atoms with Gasteiger partial charge in [0.25, 0.3) is 0 Å². The molecule has 4 heteroatoms. The summed E-state index contributed by atoms with van der Waals surface area (Å²) < 4.78 is 0. The van der Waals surface area contributed by atoms with Crippen LogP contribution >= 0.6 is 15.9 Å². The fourth-order valence-corrected chi connectivity index (χ4v) is 2.84. The number of rotatable bonds is 3. The molecule has 0 saturated carbocycles. The summed E-state index contributed by atoms with van der Waals surface area (Å²) in [4.78, 5) is 9.52. The van der Waals surface area contributed by atoms with Crippen molar-refractivity contribution in [3.05, 3.63) is 23.9 Å². The molecule has 0 aliphatic carbocycles. The van der Waals surface area contributed by atoms with E-state index >= 15 is 0 Å². The Balaban J connectivity index is 1.97. The molecule has 1 fully saturated rings. The van der Waals surface area contributed by atoms with Gasteiger partial charge in [-0.25, -0.2) is 4.98 Å². The number of hydrogen-bond acceptors (Lipinski definition) is 3. The Hall–Kier alpha value is -0.610. The van der Waals surface area contributed by atoms with E-state index in [-0.39, 0.29) is 5.41 Å². The quantitative estimate of drug-likeness (QED) is 0.796. The minimum atomic E-state index is 0.181. The van der Waals surface area contributed by atoms with Crippen molar-refractivity contribution >= 4 is 21.7 Å². The predicted octanol–water partition coefficient (Wildman–Crippen LogP) is 2.90. The van der Waals surface area contributed by atoms with Crippen LogP contribution in [-0.2, 0) is 5.41 Å². The van der Waals surface area contributed by atoms with Crippen LogP contribution in [0.3, 0.4) is 0 Å². The van der Waals surface area contributed by atoms with Crippen LogP contribution in [0, 0.1) is 0 Å². The number of alkyl halides is 1. The molecule has 0 radical (unpaired) electrons. The average molecular weight is 326 g/mol. The molecule has 3 nitrogen and oxygen atoms in total. The van der Waals surface area contributed by atoms with Gasteiger partial charge in [0, 0.05) is 44.3 Å². The molecule has 0 spiro atoms. The van der Waals surface area contributed by atoms with Gasteiger partial charge in [-0.2, -0.15) is 0 Å². The van der Waals surface area contributed by atoms with Crippen LogP contribution in [0.2, 0.25) is 0 Å². The summed E-state index contributed by atoms with van der Waals surface area (Å²) in [5.74, 6) is 1.12. The topological polar surface area (TPSA) is 19.4 Å². The van der Waals surface area contributed by atoms with E-state index < -0.39 is 0 Å². The Kier molecular flexibility index (Phi) is 4.85. The van der Waals surface area contributed by atoms with E-state index in [1.54, 1.807) is 0 Å². The largest absolute Gasteiger partial charge is 0.354 e. The molecule has 106 valence electrons. The van der Waals surface area contributed by atoms with Crippen molar-refractivity contribution in [2.45, 2.75) is 26.2 Å². The maximum Gasteiger partial charge on any atom is 0.128 e. The van der Waals surface area contributed by atoms with Crippen LogP contribution < -0.4 is 4.90 Å². The Labute approximate surface area is 125 Å². The molecular formula is C15H24BrN3. The number of piperazine rings is 1. The van der Waals surface area contributed by atoms with Gasteiger partial charge >= 0.3 is 0 Å². The molecule has 0 unspecified atom stereocenters. The lowest BCUT2D eigenvalue weighted by Gasteiger charge is -2.35. The number of nitrogens with zero attached hydrogens (tertiary/aromatic N) is 3. The van der Waals surface area contributed by atoms with Gasteiger partial charge < -0.3 is 4.90 Å². The van der Waals surface area contributed by atoms with Crippen molar-refractivity contribution in [3.8, 4) is 0 Å². The highest BCUT2D eigenvalue weighted by Gasteiger charge is 2.18. The van der Waals surface area contributed by atoms with Crippen LogP contribution in [-0.4, -0.2) is 47.9 Å². The monoisotopic (exact) mass is 325 g/mol. The number of halogens is 1. The smallest absolute Gasteiger partial charge is 0.128 e. The summed E-state index contributed by atoms with van der Waals surface area (Å²) in [7, 11) is 0. The van der Waals surface area contributed by atoms with Gasteiger partial charge in [-0.3, -0.25) is 4.90 Å². The maximum atomic E-state index is 4.64. The third-order valence-electron chi connectivity index (χ3n) is 3.71. The number of pyridine rings is 1. The van der Waals surface area contributed by atoms with E-state index in [1.807, 2.05) is 6.20 Å². The maximum absolute atomic E-state index is 4.64. The van der Waals surface area contributed by atoms with E-state index in [4.69, 9.17) is 0 Å². The highest BCUT2D eigenvalue weighted by molar-refractivity contribution is 9.09. The molecule has 1 aliphatic rings. The first-order valence-electron chi connectivity index (χ1n) is 7.00. The van der Waals surface area contributed by atoms with Crippen LogP contribution in [0.5, 0.6) is 0 Å². The zero-order chi connectivity index (χ0) is 13.9. The molecule has 1 saturated heterocycles. The van der Waals surface area contributed by atoms with Gasteiger partial charge in [-0.05, 0) is 17.0 Å². The molecular weight excluding hydrogens is 302 g/mol. The Morgan fingerprint density at radius 2 is 1.84 bits per heavy atom. The van der Waals surface area contributed by atoms with E-state index in [1.165, 1.54) is 5.56 Å². The lowest BCUT2D eigenvalue weighted by molar-refractivity contribution is 0.273. The van der Waals surface area contributed by atoms with Gasteiger partial charge in [0.2, 0.25) is 0 Å². The van der Waals surface area contributed by atoms with Gasteiger partial charge in [0.05, 0.1) is 0 Å². The normalized spacial score (nSPS) is 17.8. The van der Waals surface area contributed by atoms with E-state index in [0.29, 0.717) is 0 Å². The van der Waals surface area contributed by atoms with Crippen molar-refractivity contribution in [3.63, 3.8) is 0 Å². The predicted molar refractivity (Wildman–Crippen MR) is 85.4 cm³/mol. The molecule has 0 atom stereocenters. The Morgan fingerprint density at radius 3 is 2.32 bits per heavy atom. The van der Waals surface area contributed by atoms with Gasteiger partial charge in [0.1, 0.15) is 5.82 Å². The third-order valence-corrected chi connectivity index (χ3v) is 4.07. The minimum Gasteiger partial charge on any atom is -0.354 e. The fourth-order valence-electron chi connectivity index (χ4n) is 2.34. The van der Waals surface area contributed by atoms with Crippen molar-refractivity contribution in [1.82, 2.24) is 9.88 Å². The Morgan fingerprint density at radius 1 is 1.16 bits per heavy atom. The summed E-state index contributed by atoms with van der Waals surface area (Å²) in [5.41, 5.74) is 1.48. The van der Waals surface area contributed by atoms with Gasteiger partial charge in [-0.15, -0.1) is 0 Å². The molecule has 19 heavy (non-hydrogen) atoms. The second-order valence-corrected chi connectivity index (χ2v) is 6.97. The highest BCUT2D eigenvalue weighted by atomic mass is 79.9. The van der Waals surface area contributed by atoms with E-state index in [2.05, 4.69) is 63.6 Å². The first-order chi connectivity index (χ1) is 9.00. The summed E-state index contributed by atoms with van der Waals surface area (Å²) >= 11 is 3.50. The molecule has 1 aliphatic heterocycles. The van der Waals surface area contributed by atoms with Crippen molar-refractivity contribution in [2.75, 3.05) is 43.0 Å². The molecule has 1 aromatic rings. The molecule has 0 aromatic carbocycles. The number of hydrogen-bond donors (Lipinski definition) is 0. The first kappa shape index (κ1) is 14.8. The minimum absolute atomic E-state index is 0.181. The summed E-state index contributed by atoms with van der Waals surface area (Å²) in [5, 5.41) is 1.06. The van der Waals surface area contributed by atoms with Gasteiger partial charge in [-0.1, -0.05) is 42.8 Å². The second-order valence-electron chi connectivity index (χ2n) is 6.17. The number of aromatic nitrogens is 1.